The van der Waals surface area contributed by atoms with Gasteiger partial charge in [-0.05, 0) is 13.0 Å². The lowest BCUT2D eigenvalue weighted by Crippen LogP contribution is -2.42. The van der Waals surface area contributed by atoms with Crippen LogP contribution in [0.5, 0.6) is 0 Å². The first kappa shape index (κ1) is 14.0. The largest absolute Gasteiger partial charge is 0.407 e. The normalized spacial score (nSPS) is 13.2. The molecular weight excluding hydrogens is 270 g/mol. The summed E-state index contributed by atoms with van der Waals surface area (Å²) in [4.78, 5) is 11.7. The van der Waals surface area contributed by atoms with Gasteiger partial charge < -0.3 is 0 Å². The lowest BCUT2D eigenvalue weighted by Gasteiger charge is -2.21. The zero-order chi connectivity index (χ0) is 13.4. The summed E-state index contributed by atoms with van der Waals surface area (Å²) >= 11 is 0.916. The Morgan fingerprint density at radius 3 is 1.94 bits per heavy atom. The first-order chi connectivity index (χ1) is 7.53. The van der Waals surface area contributed by atoms with E-state index in [9.17, 15) is 31.1 Å². The molecular formula is C9H6F6OS. The molecule has 0 bridgehead atoms. The number of alkyl halides is 6. The second-order valence-corrected chi connectivity index (χ2v) is 4.44. The zero-order valence-corrected chi connectivity index (χ0v) is 9.13. The van der Waals surface area contributed by atoms with Gasteiger partial charge in [-0.25, -0.2) is 0 Å². The van der Waals surface area contributed by atoms with Crippen molar-refractivity contribution in [1.29, 1.82) is 0 Å². The van der Waals surface area contributed by atoms with Gasteiger partial charge in [-0.3, -0.25) is 4.79 Å². The van der Waals surface area contributed by atoms with Crippen molar-refractivity contribution in [3.8, 4) is 0 Å². The SMILES string of the molecule is Cc1cc(C(=O)C(C(F)(F)F)C(F)(F)F)cs1. The molecule has 0 aliphatic heterocycles. The maximum absolute atomic E-state index is 12.2. The highest BCUT2D eigenvalue weighted by Gasteiger charge is 2.60. The van der Waals surface area contributed by atoms with Crippen molar-refractivity contribution in [2.75, 3.05) is 0 Å². The average molecular weight is 276 g/mol. The number of thiophene rings is 1. The van der Waals surface area contributed by atoms with E-state index < -0.39 is 29.6 Å². The monoisotopic (exact) mass is 276 g/mol. The highest BCUT2D eigenvalue weighted by Crippen LogP contribution is 2.41. The summed E-state index contributed by atoms with van der Waals surface area (Å²) in [5, 5.41) is 0.988. The van der Waals surface area contributed by atoms with Gasteiger partial charge >= 0.3 is 12.4 Å². The maximum Gasteiger partial charge on any atom is 0.407 e. The van der Waals surface area contributed by atoms with E-state index in [0.717, 1.165) is 22.8 Å². The summed E-state index contributed by atoms with van der Waals surface area (Å²) in [6.45, 7) is 1.48. The van der Waals surface area contributed by atoms with Gasteiger partial charge in [0.15, 0.2) is 5.78 Å². The van der Waals surface area contributed by atoms with Gasteiger partial charge in [0.1, 0.15) is 0 Å². The van der Waals surface area contributed by atoms with Crippen LogP contribution in [0.4, 0.5) is 26.3 Å². The average Bonchev–Trinajstić information content (AvgIpc) is 2.45. The minimum atomic E-state index is -5.63. The summed E-state index contributed by atoms with van der Waals surface area (Å²) in [7, 11) is 0. The molecule has 0 atom stereocenters. The molecule has 17 heavy (non-hydrogen) atoms. The summed E-state index contributed by atoms with van der Waals surface area (Å²) in [5.41, 5.74) is -0.563. The number of halogens is 6. The smallest absolute Gasteiger partial charge is 0.293 e. The third-order valence-corrected chi connectivity index (χ3v) is 2.79. The van der Waals surface area contributed by atoms with E-state index in [2.05, 4.69) is 0 Å². The number of hydrogen-bond donors (Lipinski definition) is 0. The second-order valence-electron chi connectivity index (χ2n) is 3.33. The number of carbonyl (C=O) groups excluding carboxylic acids is 1. The molecule has 8 heteroatoms. The Hall–Kier alpha value is -1.05. The topological polar surface area (TPSA) is 17.1 Å². The quantitative estimate of drug-likeness (QED) is 0.590. The molecule has 0 spiro atoms. The standard InChI is InChI=1S/C9H6F6OS/c1-4-2-5(3-17-4)6(16)7(8(10,11)12)9(13,14)15/h2-3,7H,1H3. The van der Waals surface area contributed by atoms with Crippen molar-refractivity contribution in [3.05, 3.63) is 21.9 Å². The summed E-state index contributed by atoms with van der Waals surface area (Å²) in [5.74, 6) is -5.92. The van der Waals surface area contributed by atoms with Crippen molar-refractivity contribution >= 4 is 17.1 Å². The van der Waals surface area contributed by atoms with E-state index in [1.807, 2.05) is 0 Å². The number of ketones is 1. The van der Waals surface area contributed by atoms with Gasteiger partial charge in [-0.2, -0.15) is 26.3 Å². The molecule has 1 rings (SSSR count). The molecule has 1 nitrogen and oxygen atoms in total. The minimum Gasteiger partial charge on any atom is -0.293 e. The van der Waals surface area contributed by atoms with Gasteiger partial charge in [0.2, 0.25) is 5.92 Å². The number of Topliss-reactive ketones (excluding diaryl/α,β-unsaturated/α-hetero) is 1. The van der Waals surface area contributed by atoms with Gasteiger partial charge in [-0.15, -0.1) is 11.3 Å². The fraction of sp³-hybridized carbons (Fsp3) is 0.444. The molecule has 1 heterocycles. The molecule has 96 valence electrons. The van der Waals surface area contributed by atoms with Crippen LogP contribution in [0.25, 0.3) is 0 Å². The Labute approximate surface area is 96.1 Å². The molecule has 0 saturated carbocycles. The van der Waals surface area contributed by atoms with E-state index in [0.29, 0.717) is 4.88 Å². The third kappa shape index (κ3) is 3.21. The maximum atomic E-state index is 12.2. The Morgan fingerprint density at radius 1 is 1.18 bits per heavy atom. The van der Waals surface area contributed by atoms with Crippen molar-refractivity contribution in [2.24, 2.45) is 5.92 Å². The van der Waals surface area contributed by atoms with Crippen LogP contribution in [0.1, 0.15) is 15.2 Å². The van der Waals surface area contributed by atoms with E-state index in [1.165, 1.54) is 6.92 Å². The van der Waals surface area contributed by atoms with E-state index in [1.54, 1.807) is 0 Å². The Balaban J connectivity index is 3.13. The molecule has 0 aliphatic carbocycles. The van der Waals surface area contributed by atoms with Crippen LogP contribution >= 0.6 is 11.3 Å². The first-order valence-electron chi connectivity index (χ1n) is 4.26. The molecule has 0 N–H and O–H groups in total. The van der Waals surface area contributed by atoms with Crippen molar-refractivity contribution in [3.63, 3.8) is 0 Å². The van der Waals surface area contributed by atoms with Gasteiger partial charge in [0.25, 0.3) is 0 Å². The number of carbonyl (C=O) groups is 1. The molecule has 1 aromatic heterocycles. The fourth-order valence-electron chi connectivity index (χ4n) is 1.22. The highest BCUT2D eigenvalue weighted by atomic mass is 32.1. The zero-order valence-electron chi connectivity index (χ0n) is 8.32. The molecule has 0 aromatic carbocycles. The van der Waals surface area contributed by atoms with Gasteiger partial charge in [-0.1, -0.05) is 0 Å². The van der Waals surface area contributed by atoms with E-state index >= 15 is 0 Å². The summed E-state index contributed by atoms with van der Waals surface area (Å²) in [6.07, 6.45) is -11.3. The minimum absolute atomic E-state index is 0.469. The first-order valence-corrected chi connectivity index (χ1v) is 5.14. The number of rotatable bonds is 2. The number of hydrogen-bond acceptors (Lipinski definition) is 2. The molecule has 0 amide bonds. The molecule has 0 radical (unpaired) electrons. The van der Waals surface area contributed by atoms with Crippen LogP contribution in [0.15, 0.2) is 11.4 Å². The molecule has 0 saturated heterocycles. The van der Waals surface area contributed by atoms with Gasteiger partial charge in [0, 0.05) is 15.8 Å². The van der Waals surface area contributed by atoms with Crippen molar-refractivity contribution in [1.82, 2.24) is 0 Å². The van der Waals surface area contributed by atoms with Crippen molar-refractivity contribution in [2.45, 2.75) is 19.3 Å². The summed E-state index contributed by atoms with van der Waals surface area (Å²) in [6, 6.07) is 1.01. The fourth-order valence-corrected chi connectivity index (χ4v) is 1.91. The molecule has 0 fully saturated rings. The number of aryl methyl sites for hydroxylation is 1. The lowest BCUT2D eigenvalue weighted by atomic mass is 9.98. The van der Waals surface area contributed by atoms with Crippen LogP contribution in [0.2, 0.25) is 0 Å². The molecule has 0 aliphatic rings. The van der Waals surface area contributed by atoms with Crippen LogP contribution in [0.3, 0.4) is 0 Å². The molecule has 0 unspecified atom stereocenters. The predicted octanol–water partition coefficient (Wildman–Crippen LogP) is 3.98. The van der Waals surface area contributed by atoms with Crippen LogP contribution < -0.4 is 0 Å². The predicted molar refractivity (Wildman–Crippen MR) is 49.0 cm³/mol. The lowest BCUT2D eigenvalue weighted by molar-refractivity contribution is -0.264. The Kier molecular flexibility index (Phi) is 3.56. The van der Waals surface area contributed by atoms with E-state index in [4.69, 9.17) is 0 Å². The van der Waals surface area contributed by atoms with Crippen molar-refractivity contribution < 1.29 is 31.1 Å². The summed E-state index contributed by atoms with van der Waals surface area (Å²) < 4.78 is 73.3. The third-order valence-electron chi connectivity index (χ3n) is 1.93. The van der Waals surface area contributed by atoms with Crippen LogP contribution in [0, 0.1) is 12.8 Å². The van der Waals surface area contributed by atoms with Gasteiger partial charge in [0.05, 0.1) is 0 Å². The Bertz CT molecular complexity index is 402. The Morgan fingerprint density at radius 2 is 1.65 bits per heavy atom. The second kappa shape index (κ2) is 4.32. The van der Waals surface area contributed by atoms with Crippen LogP contribution in [-0.4, -0.2) is 18.1 Å². The highest BCUT2D eigenvalue weighted by molar-refractivity contribution is 7.10. The van der Waals surface area contributed by atoms with E-state index in [-0.39, 0.29) is 0 Å². The van der Waals surface area contributed by atoms with Crippen LogP contribution in [-0.2, 0) is 0 Å². The molecule has 1 aromatic rings.